The molecule has 0 unspecified atom stereocenters. The quantitative estimate of drug-likeness (QED) is 0.865. The minimum atomic E-state index is -0.0581. The third kappa shape index (κ3) is 1.89. The number of para-hydroxylation sites is 2. The van der Waals surface area contributed by atoms with Gasteiger partial charge in [-0.25, -0.2) is 0 Å². The number of fused-ring (bicyclic) bond motifs is 2. The minimum absolute atomic E-state index is 0.0581. The fraction of sp³-hybridized carbons (Fsp3) is 0.267. The molecule has 2 aromatic rings. The number of hydrogen-bond acceptors (Lipinski definition) is 2. The zero-order valence-corrected chi connectivity index (χ0v) is 11.2. The topological polar surface area (TPSA) is 46.1 Å². The van der Waals surface area contributed by atoms with Crippen molar-refractivity contribution in [2.75, 3.05) is 10.6 Å². The van der Waals surface area contributed by atoms with Crippen LogP contribution >= 0.6 is 0 Å². The van der Waals surface area contributed by atoms with Crippen LogP contribution in [0, 0.1) is 0 Å². The highest BCUT2D eigenvalue weighted by Gasteiger charge is 2.23. The van der Waals surface area contributed by atoms with Gasteiger partial charge < -0.3 is 15.2 Å². The molecule has 1 aromatic heterocycles. The number of carbonyl (C=O) groups excluding carboxylic acids is 1. The molecule has 0 fully saturated rings. The van der Waals surface area contributed by atoms with E-state index in [-0.39, 0.29) is 5.91 Å². The molecule has 0 radical (unpaired) electrons. The average Bonchev–Trinajstić information content (AvgIpc) is 2.61. The lowest BCUT2D eigenvalue weighted by atomic mass is 10.2. The number of hydrogen-bond donors (Lipinski definition) is 2. The summed E-state index contributed by atoms with van der Waals surface area (Å²) in [6.07, 6.45) is 2.04. The third-order valence-electron chi connectivity index (χ3n) is 3.50. The summed E-state index contributed by atoms with van der Waals surface area (Å²) < 4.78 is 1.98. The maximum absolute atomic E-state index is 12.3. The molecule has 19 heavy (non-hydrogen) atoms. The van der Waals surface area contributed by atoms with Crippen molar-refractivity contribution < 1.29 is 4.79 Å². The molecule has 1 aliphatic heterocycles. The first kappa shape index (κ1) is 11.8. The van der Waals surface area contributed by atoms with Crippen LogP contribution in [-0.4, -0.2) is 10.5 Å². The lowest BCUT2D eigenvalue weighted by Gasteiger charge is -2.07. The van der Waals surface area contributed by atoms with Crippen LogP contribution in [0.5, 0.6) is 0 Å². The van der Waals surface area contributed by atoms with Gasteiger partial charge in [0.1, 0.15) is 5.69 Å². The van der Waals surface area contributed by atoms with Crippen LogP contribution in [0.25, 0.3) is 0 Å². The van der Waals surface area contributed by atoms with Crippen molar-refractivity contribution in [3.05, 3.63) is 41.7 Å². The number of carbonyl (C=O) groups is 1. The molecule has 1 amide bonds. The van der Waals surface area contributed by atoms with Crippen LogP contribution < -0.4 is 10.6 Å². The van der Waals surface area contributed by atoms with Gasteiger partial charge in [-0.15, -0.1) is 0 Å². The third-order valence-corrected chi connectivity index (χ3v) is 3.50. The highest BCUT2D eigenvalue weighted by atomic mass is 16.2. The van der Waals surface area contributed by atoms with Crippen LogP contribution in [0.1, 0.15) is 29.5 Å². The molecule has 0 bridgehead atoms. The molecule has 98 valence electrons. The zero-order chi connectivity index (χ0) is 13.4. The zero-order valence-electron chi connectivity index (χ0n) is 11.2. The number of nitrogens with one attached hydrogen (secondary N) is 2. The van der Waals surface area contributed by atoms with Crippen molar-refractivity contribution in [3.8, 4) is 0 Å². The lowest BCUT2D eigenvalue weighted by Crippen LogP contribution is -2.15. The summed E-state index contributed by atoms with van der Waals surface area (Å²) >= 11 is 0. The fourth-order valence-corrected chi connectivity index (χ4v) is 2.55. The summed E-state index contributed by atoms with van der Waals surface area (Å²) in [6, 6.07) is 9.81. The van der Waals surface area contributed by atoms with E-state index in [9.17, 15) is 4.79 Å². The lowest BCUT2D eigenvalue weighted by molar-refractivity contribution is 0.102. The molecule has 0 saturated heterocycles. The van der Waals surface area contributed by atoms with Crippen molar-refractivity contribution in [3.63, 3.8) is 0 Å². The second-order valence-corrected chi connectivity index (χ2v) is 4.83. The number of rotatable bonds is 2. The Balaban J connectivity index is 2.11. The second kappa shape index (κ2) is 4.46. The van der Waals surface area contributed by atoms with Gasteiger partial charge in [0.2, 0.25) is 0 Å². The number of amides is 1. The van der Waals surface area contributed by atoms with E-state index in [1.165, 1.54) is 5.69 Å². The predicted molar refractivity (Wildman–Crippen MR) is 77.1 cm³/mol. The summed E-state index contributed by atoms with van der Waals surface area (Å²) in [5.41, 5.74) is 4.51. The molecule has 4 nitrogen and oxygen atoms in total. The standard InChI is InChI=1S/C15H17N3O/c1-3-6-10-9-13-14(18(10)2)15(19)17-12-8-5-4-7-11(12)16-13/h4-5,7-9,16H,3,6H2,1-2H3,(H,17,19). The summed E-state index contributed by atoms with van der Waals surface area (Å²) in [6.45, 7) is 2.14. The smallest absolute Gasteiger partial charge is 0.274 e. The SMILES string of the molecule is CCCc1cc2c(n1C)C(=O)Nc1ccccc1N2. The molecule has 1 aliphatic rings. The summed E-state index contributed by atoms with van der Waals surface area (Å²) in [5, 5.41) is 6.30. The molecule has 2 heterocycles. The predicted octanol–water partition coefficient (Wildman–Crippen LogP) is 3.29. The molecule has 2 N–H and O–H groups in total. The first-order chi connectivity index (χ1) is 9.20. The Kier molecular flexibility index (Phi) is 2.78. The Morgan fingerprint density at radius 3 is 2.47 bits per heavy atom. The monoisotopic (exact) mass is 255 g/mol. The van der Waals surface area contributed by atoms with Gasteiger partial charge in [0.15, 0.2) is 0 Å². The molecule has 0 saturated carbocycles. The second-order valence-electron chi connectivity index (χ2n) is 4.83. The Hall–Kier alpha value is -2.23. The first-order valence-electron chi connectivity index (χ1n) is 6.56. The Bertz CT molecular complexity index is 643. The molecule has 3 rings (SSSR count). The number of benzene rings is 1. The molecule has 0 atom stereocenters. The summed E-state index contributed by atoms with van der Waals surface area (Å²) in [7, 11) is 1.95. The summed E-state index contributed by atoms with van der Waals surface area (Å²) in [4.78, 5) is 12.3. The van der Waals surface area contributed by atoms with E-state index in [0.29, 0.717) is 5.69 Å². The number of aryl methyl sites for hydroxylation is 1. The largest absolute Gasteiger partial charge is 0.352 e. The number of aromatic nitrogens is 1. The van der Waals surface area contributed by atoms with Gasteiger partial charge in [-0.1, -0.05) is 25.5 Å². The fourth-order valence-electron chi connectivity index (χ4n) is 2.55. The van der Waals surface area contributed by atoms with Gasteiger partial charge in [-0.3, -0.25) is 4.79 Å². The van der Waals surface area contributed by atoms with Crippen LogP contribution in [0.3, 0.4) is 0 Å². The van der Waals surface area contributed by atoms with E-state index in [1.54, 1.807) is 0 Å². The van der Waals surface area contributed by atoms with Crippen LogP contribution in [0.15, 0.2) is 30.3 Å². The van der Waals surface area contributed by atoms with Crippen molar-refractivity contribution in [1.29, 1.82) is 0 Å². The Morgan fingerprint density at radius 1 is 1.11 bits per heavy atom. The van der Waals surface area contributed by atoms with Gasteiger partial charge in [-0.2, -0.15) is 0 Å². The molecule has 0 aliphatic carbocycles. The number of anilines is 3. The van der Waals surface area contributed by atoms with E-state index >= 15 is 0 Å². The number of nitrogens with zero attached hydrogens (tertiary/aromatic N) is 1. The van der Waals surface area contributed by atoms with E-state index in [0.717, 1.165) is 29.9 Å². The molecular formula is C15H17N3O. The van der Waals surface area contributed by atoms with E-state index in [2.05, 4.69) is 23.6 Å². The Labute approximate surface area is 112 Å². The maximum atomic E-state index is 12.3. The van der Waals surface area contributed by atoms with Gasteiger partial charge in [0, 0.05) is 12.7 Å². The first-order valence-corrected chi connectivity index (χ1v) is 6.56. The van der Waals surface area contributed by atoms with Crippen molar-refractivity contribution in [1.82, 2.24) is 4.57 Å². The normalized spacial score (nSPS) is 13.1. The van der Waals surface area contributed by atoms with Gasteiger partial charge >= 0.3 is 0 Å². The molecule has 4 heteroatoms. The summed E-state index contributed by atoms with van der Waals surface area (Å²) in [5.74, 6) is -0.0581. The molecule has 0 spiro atoms. The highest BCUT2D eigenvalue weighted by molar-refractivity contribution is 6.11. The maximum Gasteiger partial charge on any atom is 0.274 e. The Morgan fingerprint density at radius 2 is 1.79 bits per heavy atom. The van der Waals surface area contributed by atoms with Gasteiger partial charge in [0.05, 0.1) is 17.1 Å². The highest BCUT2D eigenvalue weighted by Crippen LogP contribution is 2.33. The molecule has 1 aromatic carbocycles. The van der Waals surface area contributed by atoms with Crippen LogP contribution in [0.2, 0.25) is 0 Å². The minimum Gasteiger partial charge on any atom is -0.352 e. The van der Waals surface area contributed by atoms with Crippen molar-refractivity contribution in [2.45, 2.75) is 19.8 Å². The van der Waals surface area contributed by atoms with Crippen molar-refractivity contribution >= 4 is 23.0 Å². The van der Waals surface area contributed by atoms with Gasteiger partial charge in [-0.05, 0) is 24.6 Å². The van der Waals surface area contributed by atoms with Crippen LogP contribution in [-0.2, 0) is 13.5 Å². The van der Waals surface area contributed by atoms with Gasteiger partial charge in [0.25, 0.3) is 5.91 Å². The van der Waals surface area contributed by atoms with E-state index < -0.39 is 0 Å². The average molecular weight is 255 g/mol. The van der Waals surface area contributed by atoms with Crippen molar-refractivity contribution in [2.24, 2.45) is 7.05 Å². The van der Waals surface area contributed by atoms with E-state index in [1.807, 2.05) is 35.9 Å². The molecular weight excluding hydrogens is 238 g/mol. The van der Waals surface area contributed by atoms with Crippen LogP contribution in [0.4, 0.5) is 17.1 Å². The van der Waals surface area contributed by atoms with E-state index in [4.69, 9.17) is 0 Å².